The van der Waals surface area contributed by atoms with E-state index in [-0.39, 0.29) is 12.4 Å². The first-order chi connectivity index (χ1) is 9.54. The fourth-order valence-electron chi connectivity index (χ4n) is 2.07. The first kappa shape index (κ1) is 15.7. The first-order valence-corrected chi connectivity index (χ1v) is 6.13. The Morgan fingerprint density at radius 3 is 2.57 bits per heavy atom. The molecule has 4 nitrogen and oxygen atoms in total. The molecule has 21 heavy (non-hydrogen) atoms. The fourth-order valence-corrected chi connectivity index (χ4v) is 2.07. The van der Waals surface area contributed by atoms with Crippen LogP contribution in [0.5, 0.6) is 0 Å². The molecule has 3 heterocycles. The van der Waals surface area contributed by atoms with E-state index in [9.17, 15) is 13.2 Å². The minimum atomic E-state index is -4.43. The Morgan fingerprint density at radius 2 is 1.90 bits per heavy atom. The van der Waals surface area contributed by atoms with Crippen LogP contribution in [0, 0.1) is 0 Å². The minimum absolute atomic E-state index is 0. The maximum absolute atomic E-state index is 12.4. The van der Waals surface area contributed by atoms with E-state index in [4.69, 9.17) is 0 Å². The van der Waals surface area contributed by atoms with Gasteiger partial charge in [0.2, 0.25) is 0 Å². The summed E-state index contributed by atoms with van der Waals surface area (Å²) in [6.07, 6.45) is -0.684. The van der Waals surface area contributed by atoms with Crippen molar-refractivity contribution in [3.63, 3.8) is 0 Å². The van der Waals surface area contributed by atoms with Crippen molar-refractivity contribution in [3.05, 3.63) is 41.5 Å². The SMILES string of the molecule is Cl.FC(F)(F)c1ccc(-c2ncc3c(n2)CNCC3)cn1. The molecule has 2 aromatic rings. The number of pyridine rings is 1. The Morgan fingerprint density at radius 1 is 1.10 bits per heavy atom. The maximum Gasteiger partial charge on any atom is 0.433 e. The van der Waals surface area contributed by atoms with Crippen LogP contribution in [0.2, 0.25) is 0 Å². The summed E-state index contributed by atoms with van der Waals surface area (Å²) in [4.78, 5) is 12.0. The second-order valence-electron chi connectivity index (χ2n) is 4.52. The third kappa shape index (κ3) is 3.30. The van der Waals surface area contributed by atoms with Gasteiger partial charge in [0.1, 0.15) is 5.69 Å². The molecule has 0 amide bonds. The third-order valence-electron chi connectivity index (χ3n) is 3.13. The smallest absolute Gasteiger partial charge is 0.311 e. The van der Waals surface area contributed by atoms with E-state index < -0.39 is 11.9 Å². The average Bonchev–Trinajstić information content (AvgIpc) is 2.46. The molecule has 1 N–H and O–H groups in total. The summed E-state index contributed by atoms with van der Waals surface area (Å²) in [5.74, 6) is 0.397. The van der Waals surface area contributed by atoms with Gasteiger partial charge in [0.25, 0.3) is 0 Å². The zero-order valence-electron chi connectivity index (χ0n) is 10.8. The Bertz CT molecular complexity index is 628. The second-order valence-corrected chi connectivity index (χ2v) is 4.52. The molecule has 0 saturated carbocycles. The third-order valence-corrected chi connectivity index (χ3v) is 3.13. The molecule has 0 bridgehead atoms. The Kier molecular flexibility index (Phi) is 4.43. The van der Waals surface area contributed by atoms with Crippen LogP contribution in [-0.4, -0.2) is 21.5 Å². The van der Waals surface area contributed by atoms with Crippen molar-refractivity contribution in [2.24, 2.45) is 0 Å². The highest BCUT2D eigenvalue weighted by molar-refractivity contribution is 5.85. The summed E-state index contributed by atoms with van der Waals surface area (Å²) >= 11 is 0. The highest BCUT2D eigenvalue weighted by Crippen LogP contribution is 2.28. The van der Waals surface area contributed by atoms with Crippen LogP contribution in [-0.2, 0) is 19.1 Å². The molecule has 112 valence electrons. The quantitative estimate of drug-likeness (QED) is 0.878. The van der Waals surface area contributed by atoms with Gasteiger partial charge in [0.15, 0.2) is 5.82 Å². The van der Waals surface area contributed by atoms with E-state index in [0.29, 0.717) is 17.9 Å². The second kappa shape index (κ2) is 5.95. The minimum Gasteiger partial charge on any atom is -0.311 e. The van der Waals surface area contributed by atoms with E-state index in [1.807, 2.05) is 0 Å². The summed E-state index contributed by atoms with van der Waals surface area (Å²) < 4.78 is 37.3. The van der Waals surface area contributed by atoms with Crippen molar-refractivity contribution in [3.8, 4) is 11.4 Å². The monoisotopic (exact) mass is 316 g/mol. The zero-order valence-corrected chi connectivity index (χ0v) is 11.6. The number of rotatable bonds is 1. The molecule has 1 aliphatic heterocycles. The standard InChI is InChI=1S/C13H11F3N4.ClH/c14-13(15,16)11-2-1-9(6-18-11)12-19-5-8-3-4-17-7-10(8)20-12;/h1-2,5-6,17H,3-4,7H2;1H. The lowest BCUT2D eigenvalue weighted by Crippen LogP contribution is -2.25. The number of nitrogens with one attached hydrogen (secondary N) is 1. The number of halogens is 4. The van der Waals surface area contributed by atoms with Crippen LogP contribution < -0.4 is 5.32 Å². The summed E-state index contributed by atoms with van der Waals surface area (Å²) in [6.45, 7) is 1.54. The molecule has 2 aromatic heterocycles. The molecule has 8 heteroatoms. The van der Waals surface area contributed by atoms with Gasteiger partial charge in [-0.25, -0.2) is 9.97 Å². The number of hydrogen-bond acceptors (Lipinski definition) is 4. The summed E-state index contributed by atoms with van der Waals surface area (Å²) in [5, 5.41) is 3.19. The lowest BCUT2D eigenvalue weighted by atomic mass is 10.1. The van der Waals surface area contributed by atoms with E-state index in [1.54, 1.807) is 6.20 Å². The zero-order chi connectivity index (χ0) is 14.2. The topological polar surface area (TPSA) is 50.7 Å². The van der Waals surface area contributed by atoms with Crippen LogP contribution in [0.15, 0.2) is 24.5 Å². The number of nitrogens with zero attached hydrogens (tertiary/aromatic N) is 3. The van der Waals surface area contributed by atoms with E-state index >= 15 is 0 Å². The van der Waals surface area contributed by atoms with Gasteiger partial charge in [-0.05, 0) is 30.7 Å². The normalized spacial score (nSPS) is 14.2. The van der Waals surface area contributed by atoms with Gasteiger partial charge < -0.3 is 5.32 Å². The molecule has 3 rings (SSSR count). The van der Waals surface area contributed by atoms with E-state index in [1.165, 1.54) is 6.07 Å². The lowest BCUT2D eigenvalue weighted by molar-refractivity contribution is -0.141. The van der Waals surface area contributed by atoms with Gasteiger partial charge in [0, 0.05) is 24.5 Å². The van der Waals surface area contributed by atoms with Gasteiger partial charge in [-0.2, -0.15) is 13.2 Å². The molecule has 1 aliphatic rings. The van der Waals surface area contributed by atoms with Crippen molar-refractivity contribution in [1.29, 1.82) is 0 Å². The van der Waals surface area contributed by atoms with Gasteiger partial charge in [-0.15, -0.1) is 12.4 Å². The Labute approximate surface area is 125 Å². The van der Waals surface area contributed by atoms with Crippen LogP contribution in [0.3, 0.4) is 0 Å². The van der Waals surface area contributed by atoms with Crippen LogP contribution >= 0.6 is 12.4 Å². The Balaban J connectivity index is 0.00000161. The number of alkyl halides is 3. The van der Waals surface area contributed by atoms with Crippen molar-refractivity contribution in [1.82, 2.24) is 20.3 Å². The van der Waals surface area contributed by atoms with Crippen LogP contribution in [0.1, 0.15) is 17.0 Å². The van der Waals surface area contributed by atoms with Crippen molar-refractivity contribution in [2.75, 3.05) is 6.54 Å². The number of hydrogen-bond donors (Lipinski definition) is 1. The maximum atomic E-state index is 12.4. The van der Waals surface area contributed by atoms with Crippen molar-refractivity contribution >= 4 is 12.4 Å². The number of fused-ring (bicyclic) bond motifs is 1. The van der Waals surface area contributed by atoms with E-state index in [0.717, 1.165) is 36.5 Å². The van der Waals surface area contributed by atoms with E-state index in [2.05, 4.69) is 20.3 Å². The molecule has 0 spiro atoms. The van der Waals surface area contributed by atoms with Gasteiger partial charge in [-0.3, -0.25) is 4.98 Å². The lowest BCUT2D eigenvalue weighted by Gasteiger charge is -2.16. The predicted molar refractivity (Wildman–Crippen MR) is 72.9 cm³/mol. The highest BCUT2D eigenvalue weighted by atomic mass is 35.5. The first-order valence-electron chi connectivity index (χ1n) is 6.13. The molecule has 0 atom stereocenters. The summed E-state index contributed by atoms with van der Waals surface area (Å²) in [5.41, 5.74) is 1.53. The van der Waals surface area contributed by atoms with Gasteiger partial charge in [-0.1, -0.05) is 0 Å². The summed E-state index contributed by atoms with van der Waals surface area (Å²) in [6, 6.07) is 2.28. The predicted octanol–water partition coefficient (Wildman–Crippen LogP) is 2.62. The number of aromatic nitrogens is 3. The molecule has 0 fully saturated rings. The largest absolute Gasteiger partial charge is 0.433 e. The molecular weight excluding hydrogens is 305 g/mol. The van der Waals surface area contributed by atoms with Crippen LogP contribution in [0.25, 0.3) is 11.4 Å². The molecule has 0 saturated heterocycles. The van der Waals surface area contributed by atoms with Gasteiger partial charge >= 0.3 is 6.18 Å². The average molecular weight is 317 g/mol. The van der Waals surface area contributed by atoms with Gasteiger partial charge in [0.05, 0.1) is 5.69 Å². The van der Waals surface area contributed by atoms with Crippen molar-refractivity contribution in [2.45, 2.75) is 19.1 Å². The Hall–Kier alpha value is -1.73. The highest BCUT2D eigenvalue weighted by Gasteiger charge is 2.32. The molecule has 0 aromatic carbocycles. The fraction of sp³-hybridized carbons (Fsp3) is 0.308. The molecule has 0 unspecified atom stereocenters. The molecular formula is C13H12ClF3N4. The molecule has 0 radical (unpaired) electrons. The van der Waals surface area contributed by atoms with Crippen molar-refractivity contribution < 1.29 is 13.2 Å². The summed E-state index contributed by atoms with van der Waals surface area (Å²) in [7, 11) is 0. The van der Waals surface area contributed by atoms with Crippen LogP contribution in [0.4, 0.5) is 13.2 Å². The molecule has 0 aliphatic carbocycles.